The fourth-order valence-corrected chi connectivity index (χ4v) is 3.88. The first kappa shape index (κ1) is 22.8. The lowest BCUT2D eigenvalue weighted by Gasteiger charge is -2.14. The number of anilines is 1. The van der Waals surface area contributed by atoms with Crippen molar-refractivity contribution in [1.29, 1.82) is 0 Å². The van der Waals surface area contributed by atoms with E-state index >= 15 is 0 Å². The first-order valence-corrected chi connectivity index (χ1v) is 10.9. The molecular weight excluding hydrogens is 461 g/mol. The quantitative estimate of drug-likeness (QED) is 0.423. The third-order valence-electron chi connectivity index (χ3n) is 6.02. The maximum Gasteiger partial charge on any atom is 0.401 e. The second-order valence-corrected chi connectivity index (χ2v) is 8.67. The number of hydrogen-bond acceptors (Lipinski definition) is 6. The van der Waals surface area contributed by atoms with Crippen molar-refractivity contribution >= 4 is 11.7 Å². The highest BCUT2D eigenvalue weighted by molar-refractivity contribution is 5.91. The minimum Gasteiger partial charge on any atom is -0.358 e. The Labute approximate surface area is 198 Å². The normalized spacial score (nSPS) is 14.6. The van der Waals surface area contributed by atoms with Gasteiger partial charge in [0, 0.05) is 43.7 Å². The Hall–Kier alpha value is -4.02. The smallest absolute Gasteiger partial charge is 0.358 e. The number of amides is 1. The summed E-state index contributed by atoms with van der Waals surface area (Å²) >= 11 is 0. The van der Waals surface area contributed by atoms with Crippen molar-refractivity contribution in [3.8, 4) is 11.1 Å². The number of carbonyl (C=O) groups excluding carboxylic acids is 1. The lowest BCUT2D eigenvalue weighted by Crippen LogP contribution is -2.28. The Morgan fingerprint density at radius 2 is 1.80 bits per heavy atom. The van der Waals surface area contributed by atoms with Crippen molar-refractivity contribution in [1.82, 2.24) is 24.9 Å². The van der Waals surface area contributed by atoms with Gasteiger partial charge in [0.2, 0.25) is 5.91 Å². The molecule has 8 nitrogen and oxygen atoms in total. The minimum atomic E-state index is -4.40. The number of hydrogen-bond donors (Lipinski definition) is 1. The van der Waals surface area contributed by atoms with Gasteiger partial charge in [-0.1, -0.05) is 29.4 Å². The zero-order chi connectivity index (χ0) is 24.6. The Morgan fingerprint density at radius 3 is 2.40 bits per heavy atom. The van der Waals surface area contributed by atoms with Crippen LogP contribution in [0, 0.1) is 0 Å². The molecule has 0 spiro atoms. The first-order valence-electron chi connectivity index (χ1n) is 10.9. The summed E-state index contributed by atoms with van der Waals surface area (Å²) < 4.78 is 46.3. The predicted molar refractivity (Wildman–Crippen MR) is 119 cm³/mol. The number of rotatable bonds is 7. The summed E-state index contributed by atoms with van der Waals surface area (Å²) in [7, 11) is 1.85. The molecule has 0 bridgehead atoms. The zero-order valence-corrected chi connectivity index (χ0v) is 18.7. The SMILES string of the molecule is Cn1cc(Cc2ncc(-c3ccc(CC(=O)Nc4cc(C5(C(F)(F)F)CC5)on4)cc3)cn2)cn1. The monoisotopic (exact) mass is 482 g/mol. The van der Waals surface area contributed by atoms with Gasteiger partial charge in [-0.25, -0.2) is 9.97 Å². The number of aromatic nitrogens is 5. The van der Waals surface area contributed by atoms with Gasteiger partial charge in [0.1, 0.15) is 11.2 Å². The average Bonchev–Trinajstić information content (AvgIpc) is 3.37. The molecule has 3 aromatic heterocycles. The van der Waals surface area contributed by atoms with Gasteiger partial charge < -0.3 is 9.84 Å². The maximum absolute atomic E-state index is 13.2. The fourth-order valence-electron chi connectivity index (χ4n) is 3.88. The van der Waals surface area contributed by atoms with Crippen LogP contribution in [0.1, 0.15) is 35.6 Å². The van der Waals surface area contributed by atoms with Crippen molar-refractivity contribution in [3.63, 3.8) is 0 Å². The van der Waals surface area contributed by atoms with E-state index < -0.39 is 17.5 Å². The molecule has 1 amide bonds. The molecule has 1 aromatic carbocycles. The Morgan fingerprint density at radius 1 is 1.09 bits per heavy atom. The standard InChI is InChI=1S/C24H21F3N6O2/c1-33-14-16(11-30-33)8-20-28-12-18(13-29-20)17-4-2-15(3-5-17)9-22(34)31-21-10-19(35-32-21)23(6-7-23)24(25,26)27/h2-5,10-14H,6-9H2,1H3,(H,31,32,34). The molecule has 0 aliphatic heterocycles. The van der Waals surface area contributed by atoms with Gasteiger partial charge >= 0.3 is 6.18 Å². The number of carbonyl (C=O) groups is 1. The van der Waals surface area contributed by atoms with Crippen molar-refractivity contribution in [2.75, 3.05) is 5.32 Å². The molecule has 0 unspecified atom stereocenters. The van der Waals surface area contributed by atoms with E-state index in [9.17, 15) is 18.0 Å². The highest BCUT2D eigenvalue weighted by Gasteiger charge is 2.66. The third-order valence-corrected chi connectivity index (χ3v) is 6.02. The highest BCUT2D eigenvalue weighted by Crippen LogP contribution is 2.59. The van der Waals surface area contributed by atoms with E-state index in [1.807, 2.05) is 25.4 Å². The van der Waals surface area contributed by atoms with Crippen molar-refractivity contribution in [2.45, 2.75) is 37.3 Å². The second kappa shape index (κ2) is 8.64. The number of nitrogens with one attached hydrogen (secondary N) is 1. The Kier molecular flexibility index (Phi) is 5.62. The maximum atomic E-state index is 13.2. The van der Waals surface area contributed by atoms with Gasteiger partial charge in [0.25, 0.3) is 0 Å². The van der Waals surface area contributed by atoms with Crippen LogP contribution >= 0.6 is 0 Å². The summed E-state index contributed by atoms with van der Waals surface area (Å²) in [5.74, 6) is -0.00886. The van der Waals surface area contributed by atoms with E-state index in [0.29, 0.717) is 12.2 Å². The first-order chi connectivity index (χ1) is 16.7. The molecule has 0 radical (unpaired) electrons. The van der Waals surface area contributed by atoms with E-state index in [0.717, 1.165) is 28.3 Å². The van der Waals surface area contributed by atoms with E-state index in [4.69, 9.17) is 4.52 Å². The number of aryl methyl sites for hydroxylation is 1. The number of nitrogens with zero attached hydrogens (tertiary/aromatic N) is 5. The molecule has 0 atom stereocenters. The summed E-state index contributed by atoms with van der Waals surface area (Å²) in [6.07, 6.45) is 3.33. The third kappa shape index (κ3) is 4.79. The Balaban J connectivity index is 1.18. The van der Waals surface area contributed by atoms with Crippen LogP contribution in [0.3, 0.4) is 0 Å². The topological polar surface area (TPSA) is 98.7 Å². The van der Waals surface area contributed by atoms with Gasteiger partial charge in [-0.3, -0.25) is 9.48 Å². The van der Waals surface area contributed by atoms with Crippen LogP contribution in [0.25, 0.3) is 11.1 Å². The van der Waals surface area contributed by atoms with E-state index in [2.05, 4.69) is 25.5 Å². The van der Waals surface area contributed by atoms with Crippen LogP contribution in [0.2, 0.25) is 0 Å². The average molecular weight is 482 g/mol. The van der Waals surface area contributed by atoms with Gasteiger partial charge in [0.15, 0.2) is 11.6 Å². The highest BCUT2D eigenvalue weighted by atomic mass is 19.4. The van der Waals surface area contributed by atoms with Crippen molar-refractivity contribution in [2.24, 2.45) is 7.05 Å². The van der Waals surface area contributed by atoms with E-state index in [1.165, 1.54) is 0 Å². The van der Waals surface area contributed by atoms with E-state index in [-0.39, 0.29) is 30.8 Å². The van der Waals surface area contributed by atoms with Gasteiger partial charge in [0.05, 0.1) is 12.6 Å². The summed E-state index contributed by atoms with van der Waals surface area (Å²) in [5, 5.41) is 10.2. The molecular formula is C24H21F3N6O2. The van der Waals surface area contributed by atoms with Crippen LogP contribution < -0.4 is 5.32 Å². The van der Waals surface area contributed by atoms with Crippen molar-refractivity contribution in [3.05, 3.63) is 77.8 Å². The molecule has 5 rings (SSSR count). The molecule has 0 saturated heterocycles. The second-order valence-electron chi connectivity index (χ2n) is 8.67. The van der Waals surface area contributed by atoms with Crippen LogP contribution in [0.4, 0.5) is 19.0 Å². The minimum absolute atomic E-state index is 0.0272. The van der Waals surface area contributed by atoms with E-state index in [1.54, 1.807) is 35.4 Å². The van der Waals surface area contributed by atoms with Crippen LogP contribution in [-0.2, 0) is 30.1 Å². The number of benzene rings is 1. The molecule has 1 aliphatic rings. The summed E-state index contributed by atoms with van der Waals surface area (Å²) in [5.41, 5.74) is 1.52. The van der Waals surface area contributed by atoms with Gasteiger partial charge in [-0.15, -0.1) is 0 Å². The zero-order valence-electron chi connectivity index (χ0n) is 18.7. The summed E-state index contributed by atoms with van der Waals surface area (Å²) in [6.45, 7) is 0. The largest absolute Gasteiger partial charge is 0.401 e. The van der Waals surface area contributed by atoms with Gasteiger partial charge in [-0.2, -0.15) is 18.3 Å². The van der Waals surface area contributed by atoms with Crippen LogP contribution in [0.5, 0.6) is 0 Å². The van der Waals surface area contributed by atoms with Crippen LogP contribution in [-0.4, -0.2) is 37.0 Å². The predicted octanol–water partition coefficient (Wildman–Crippen LogP) is 4.23. The molecule has 35 heavy (non-hydrogen) atoms. The fraction of sp³-hybridized carbons (Fsp3) is 0.292. The Bertz CT molecular complexity index is 1340. The van der Waals surface area contributed by atoms with Crippen molar-refractivity contribution < 1.29 is 22.5 Å². The van der Waals surface area contributed by atoms with Crippen LogP contribution in [0.15, 0.2) is 59.6 Å². The summed E-state index contributed by atoms with van der Waals surface area (Å²) in [4.78, 5) is 21.2. The molecule has 1 aliphatic carbocycles. The summed E-state index contributed by atoms with van der Waals surface area (Å²) in [6, 6.07) is 8.47. The molecule has 1 fully saturated rings. The number of alkyl halides is 3. The molecule has 4 aromatic rings. The lowest BCUT2D eigenvalue weighted by atomic mass is 10.0. The number of halogens is 3. The molecule has 180 valence electrons. The molecule has 1 N–H and O–H groups in total. The molecule has 3 heterocycles. The molecule has 11 heteroatoms. The molecule has 1 saturated carbocycles. The van der Waals surface area contributed by atoms with Gasteiger partial charge in [-0.05, 0) is 29.5 Å². The lowest BCUT2D eigenvalue weighted by molar-refractivity contribution is -0.165.